The predicted octanol–water partition coefficient (Wildman–Crippen LogP) is 5.95. The molecule has 1 aliphatic rings. The first kappa shape index (κ1) is 36.4. The molecule has 1 aliphatic heterocycles. The molecule has 12 nitrogen and oxygen atoms in total. The highest BCUT2D eigenvalue weighted by Crippen LogP contribution is 2.48. The lowest BCUT2D eigenvalue weighted by Crippen LogP contribution is -2.40. The van der Waals surface area contributed by atoms with Gasteiger partial charge in [0.25, 0.3) is 5.91 Å². The summed E-state index contributed by atoms with van der Waals surface area (Å²) in [6.45, 7) is 1.29. The molecule has 1 saturated heterocycles. The molecule has 49 heavy (non-hydrogen) atoms. The van der Waals surface area contributed by atoms with Crippen LogP contribution in [0.15, 0.2) is 72.4 Å². The number of halogens is 4. The quantitative estimate of drug-likeness (QED) is 0.114. The number of benzene rings is 2. The molecule has 1 atom stereocenters. The molecule has 5 rings (SSSR count). The largest absolute Gasteiger partial charge is 0.478 e. The second kappa shape index (κ2) is 16.6. The summed E-state index contributed by atoms with van der Waals surface area (Å²) >= 11 is 1.20. The Morgan fingerprint density at radius 2 is 1.80 bits per heavy atom. The smallest absolute Gasteiger partial charge is 0.422 e. The lowest BCUT2D eigenvalue weighted by atomic mass is 9.96. The summed E-state index contributed by atoms with van der Waals surface area (Å²) < 4.78 is 64.3. The summed E-state index contributed by atoms with van der Waals surface area (Å²) in [4.78, 5) is 38.3. The maximum Gasteiger partial charge on any atom is 0.422 e. The Kier molecular flexibility index (Phi) is 12.3. The highest BCUT2D eigenvalue weighted by atomic mass is 32.1. The van der Waals surface area contributed by atoms with Crippen LogP contribution in [0.1, 0.15) is 28.9 Å². The van der Waals surface area contributed by atoms with Crippen molar-refractivity contribution >= 4 is 40.6 Å². The predicted molar refractivity (Wildman–Crippen MR) is 172 cm³/mol. The van der Waals surface area contributed by atoms with Crippen molar-refractivity contribution in [3.8, 4) is 22.1 Å². The topological polar surface area (TPSA) is 167 Å². The highest BCUT2D eigenvalue weighted by Gasteiger charge is 2.41. The Morgan fingerprint density at radius 3 is 2.43 bits per heavy atom. The Labute approximate surface area is 281 Å². The molecule has 0 saturated carbocycles. The molecule has 1 amide bonds. The summed E-state index contributed by atoms with van der Waals surface area (Å²) in [5.74, 6) is -4.80. The molecule has 17 heteroatoms. The van der Waals surface area contributed by atoms with E-state index < -0.39 is 41.2 Å². The van der Waals surface area contributed by atoms with Crippen LogP contribution in [-0.4, -0.2) is 69.9 Å². The minimum atomic E-state index is -4.88. The number of anilines is 2. The van der Waals surface area contributed by atoms with E-state index in [0.29, 0.717) is 48.8 Å². The lowest BCUT2D eigenvalue weighted by molar-refractivity contribution is -0.138. The molecule has 4 N–H and O–H groups in total. The fraction of sp³-hybridized carbons (Fsp3) is 0.250. The minimum Gasteiger partial charge on any atom is -0.478 e. The fourth-order valence-electron chi connectivity index (χ4n) is 4.99. The van der Waals surface area contributed by atoms with Gasteiger partial charge in [-0.25, -0.2) is 19.0 Å². The zero-order chi connectivity index (χ0) is 35.6. The summed E-state index contributed by atoms with van der Waals surface area (Å²) in [5.41, 5.74) is -0.671. The van der Waals surface area contributed by atoms with Crippen molar-refractivity contribution in [2.75, 3.05) is 36.9 Å². The molecule has 0 spiro atoms. The van der Waals surface area contributed by atoms with E-state index >= 15 is 0 Å². The van der Waals surface area contributed by atoms with Gasteiger partial charge in [0.15, 0.2) is 11.6 Å². The first-order chi connectivity index (χ1) is 23.4. The first-order valence-electron chi connectivity index (χ1n) is 14.6. The number of carbonyl (C=O) groups excluding carboxylic acids is 1. The SMILES string of the molecule is CNC[C@@H]1CCCN(c2c(NC(=O)c3csc(-c4ccnnc4)n3)ccc(Oc3ccccc3F)c2C(F)(F)F)C1.O=C(O)/C=C/C(=O)O. The fourth-order valence-corrected chi connectivity index (χ4v) is 5.78. The second-order valence-electron chi connectivity index (χ2n) is 10.5. The average molecular weight is 703 g/mol. The van der Waals surface area contributed by atoms with Crippen LogP contribution < -0.4 is 20.3 Å². The molecular formula is C32H30F4N6O6S. The number of para-hydroxylation sites is 1. The third kappa shape index (κ3) is 10.0. The number of piperidine rings is 1. The molecule has 0 unspecified atom stereocenters. The monoisotopic (exact) mass is 702 g/mol. The molecule has 2 aromatic heterocycles. The average Bonchev–Trinajstić information content (AvgIpc) is 3.57. The van der Waals surface area contributed by atoms with E-state index in [1.165, 1.54) is 53.4 Å². The number of carboxylic acids is 2. The third-order valence-corrected chi connectivity index (χ3v) is 7.88. The maximum atomic E-state index is 14.8. The number of rotatable bonds is 10. The van der Waals surface area contributed by atoms with Crippen molar-refractivity contribution < 1.29 is 46.9 Å². The molecule has 3 heterocycles. The number of carboxylic acid groups (broad SMARTS) is 2. The van der Waals surface area contributed by atoms with Crippen molar-refractivity contribution in [3.05, 3.63) is 89.5 Å². The van der Waals surface area contributed by atoms with E-state index in [2.05, 4.69) is 25.8 Å². The zero-order valence-corrected chi connectivity index (χ0v) is 26.6. The molecule has 2 aromatic carbocycles. The lowest BCUT2D eigenvalue weighted by Gasteiger charge is -2.37. The van der Waals surface area contributed by atoms with Gasteiger partial charge >= 0.3 is 18.1 Å². The van der Waals surface area contributed by atoms with Gasteiger partial charge in [0, 0.05) is 36.2 Å². The van der Waals surface area contributed by atoms with Gasteiger partial charge in [-0.1, -0.05) is 12.1 Å². The van der Waals surface area contributed by atoms with Crippen molar-refractivity contribution in [2.24, 2.45) is 5.92 Å². The molecule has 1 fully saturated rings. The van der Waals surface area contributed by atoms with Crippen molar-refractivity contribution in [3.63, 3.8) is 0 Å². The Morgan fingerprint density at radius 1 is 1.06 bits per heavy atom. The van der Waals surface area contributed by atoms with Gasteiger partial charge in [-0.05, 0) is 62.7 Å². The Hall–Kier alpha value is -5.42. The zero-order valence-electron chi connectivity index (χ0n) is 25.8. The minimum absolute atomic E-state index is 0.0414. The summed E-state index contributed by atoms with van der Waals surface area (Å²) in [6.07, 6.45) is 0.730. The van der Waals surface area contributed by atoms with E-state index in [1.807, 2.05) is 0 Å². The van der Waals surface area contributed by atoms with Gasteiger partial charge in [0.05, 0.1) is 23.8 Å². The van der Waals surface area contributed by atoms with Gasteiger partial charge in [0.1, 0.15) is 22.0 Å². The van der Waals surface area contributed by atoms with Crippen LogP contribution in [0, 0.1) is 11.7 Å². The van der Waals surface area contributed by atoms with E-state index in [0.717, 1.165) is 18.6 Å². The summed E-state index contributed by atoms with van der Waals surface area (Å²) in [7, 11) is 1.79. The van der Waals surface area contributed by atoms with E-state index in [1.54, 1.807) is 18.0 Å². The van der Waals surface area contributed by atoms with Gasteiger partial charge < -0.3 is 30.5 Å². The summed E-state index contributed by atoms with van der Waals surface area (Å²) in [6, 6.07) is 9.38. The standard InChI is InChI=1S/C28H26F4N6O2S.C4H4O4/c1-33-13-17-5-4-12-38(15-17)25-20(36-26(39)21-16-41-27(37-21)18-10-11-34-35-14-18)8-9-23(24(25)28(30,31)32)40-22-7-3-2-6-19(22)29;5-3(6)1-2-4(7)8/h2-3,6-11,14,16-17,33H,4-5,12-13,15H2,1H3,(H,36,39);1-2H,(H,5,6)(H,7,8)/b;2-1+/t17-;/m0./s1. The summed E-state index contributed by atoms with van der Waals surface area (Å²) in [5, 5.41) is 30.9. The molecule has 4 aromatic rings. The molecule has 0 aliphatic carbocycles. The number of carbonyl (C=O) groups is 3. The molecule has 0 radical (unpaired) electrons. The third-order valence-electron chi connectivity index (χ3n) is 6.99. The van der Waals surface area contributed by atoms with Crippen LogP contribution in [-0.2, 0) is 15.8 Å². The number of hydrogen-bond donors (Lipinski definition) is 4. The van der Waals surface area contributed by atoms with Gasteiger partial charge in [-0.3, -0.25) is 4.79 Å². The van der Waals surface area contributed by atoms with Crippen LogP contribution in [0.5, 0.6) is 11.5 Å². The van der Waals surface area contributed by atoms with Gasteiger partial charge in [-0.2, -0.15) is 23.4 Å². The first-order valence-corrected chi connectivity index (χ1v) is 15.5. The molecule has 258 valence electrons. The van der Waals surface area contributed by atoms with Crippen LogP contribution in [0.2, 0.25) is 0 Å². The number of aromatic nitrogens is 3. The van der Waals surface area contributed by atoms with Crippen molar-refractivity contribution in [2.45, 2.75) is 19.0 Å². The number of nitrogens with one attached hydrogen (secondary N) is 2. The van der Waals surface area contributed by atoms with Gasteiger partial charge in [0.2, 0.25) is 0 Å². The van der Waals surface area contributed by atoms with Crippen molar-refractivity contribution in [1.82, 2.24) is 20.5 Å². The number of hydrogen-bond acceptors (Lipinski definition) is 10. The number of thiazole rings is 1. The van der Waals surface area contributed by atoms with Gasteiger partial charge in [-0.15, -0.1) is 11.3 Å². The van der Waals surface area contributed by atoms with E-state index in [4.69, 9.17) is 14.9 Å². The molecular weight excluding hydrogens is 672 g/mol. The second-order valence-corrected chi connectivity index (χ2v) is 11.4. The number of alkyl halides is 3. The molecule has 0 bridgehead atoms. The number of aliphatic carboxylic acids is 2. The van der Waals surface area contributed by atoms with E-state index in [9.17, 15) is 31.9 Å². The van der Waals surface area contributed by atoms with Crippen LogP contribution in [0.4, 0.5) is 28.9 Å². The number of ether oxygens (including phenoxy) is 1. The highest BCUT2D eigenvalue weighted by molar-refractivity contribution is 7.13. The normalized spacial score (nSPS) is 14.6. The Balaban J connectivity index is 0.000000603. The Bertz CT molecular complexity index is 1790. The van der Waals surface area contributed by atoms with Crippen LogP contribution >= 0.6 is 11.3 Å². The van der Waals surface area contributed by atoms with E-state index in [-0.39, 0.29) is 28.7 Å². The van der Waals surface area contributed by atoms with Crippen molar-refractivity contribution in [1.29, 1.82) is 0 Å². The number of nitrogens with zero attached hydrogens (tertiary/aromatic N) is 4. The number of amides is 1. The van der Waals surface area contributed by atoms with Crippen LogP contribution in [0.25, 0.3) is 10.6 Å². The maximum absolute atomic E-state index is 14.8. The van der Waals surface area contributed by atoms with Crippen LogP contribution in [0.3, 0.4) is 0 Å².